The summed E-state index contributed by atoms with van der Waals surface area (Å²) in [6.45, 7) is 0.809. The minimum absolute atomic E-state index is 0.00627. The molecular weight excluding hydrogens is 372 g/mol. The molecule has 0 rings (SSSR count). The smallest absolute Gasteiger partial charge is 0.272 e. The van der Waals surface area contributed by atoms with Gasteiger partial charge in [0.15, 0.2) is 0 Å². The van der Waals surface area contributed by atoms with E-state index < -0.39 is 34.7 Å². The molecular formula is C8H10F7IO. The van der Waals surface area contributed by atoms with Crippen LogP contribution in [0.5, 0.6) is 0 Å². The number of hydrogen-bond acceptors (Lipinski definition) is 1. The number of rotatable bonds is 6. The molecule has 104 valence electrons. The van der Waals surface area contributed by atoms with Crippen LogP contribution in [-0.4, -0.2) is 28.2 Å². The number of ether oxygens (including phenoxy) is 1. The van der Waals surface area contributed by atoms with Gasteiger partial charge in [0, 0.05) is 13.3 Å². The molecule has 9 heteroatoms. The maximum Gasteiger partial charge on any atom is 0.422 e. The molecule has 0 amide bonds. The van der Waals surface area contributed by atoms with Crippen molar-refractivity contribution in [3.05, 3.63) is 0 Å². The van der Waals surface area contributed by atoms with Crippen LogP contribution in [0.3, 0.4) is 0 Å². The lowest BCUT2D eigenvalue weighted by Crippen LogP contribution is -2.54. The van der Waals surface area contributed by atoms with Crippen LogP contribution in [-0.2, 0) is 4.74 Å². The van der Waals surface area contributed by atoms with Crippen molar-refractivity contribution < 1.29 is 35.5 Å². The molecule has 0 aliphatic carbocycles. The molecule has 0 saturated heterocycles. The van der Waals surface area contributed by atoms with Gasteiger partial charge in [0.1, 0.15) is 0 Å². The molecule has 0 aromatic rings. The molecule has 0 N–H and O–H groups in total. The van der Waals surface area contributed by atoms with E-state index in [1.807, 2.05) is 0 Å². The zero-order valence-electron chi connectivity index (χ0n) is 8.85. The molecule has 0 aromatic carbocycles. The third-order valence-electron chi connectivity index (χ3n) is 2.01. The fraction of sp³-hybridized carbons (Fsp3) is 1.00. The Morgan fingerprint density at radius 1 is 0.941 bits per heavy atom. The van der Waals surface area contributed by atoms with Crippen molar-refractivity contribution in [3.63, 3.8) is 0 Å². The Morgan fingerprint density at radius 3 is 1.65 bits per heavy atom. The summed E-state index contributed by atoms with van der Waals surface area (Å²) in [5, 5.41) is 0. The van der Waals surface area contributed by atoms with Crippen molar-refractivity contribution >= 4 is 22.6 Å². The third kappa shape index (κ3) is 3.58. The Bertz CT molecular complexity index is 241. The number of halogens is 8. The van der Waals surface area contributed by atoms with Crippen LogP contribution in [0.1, 0.15) is 20.3 Å². The number of hydrogen-bond donors (Lipinski definition) is 0. The minimum atomic E-state index is -5.31. The van der Waals surface area contributed by atoms with Gasteiger partial charge in [-0.2, -0.15) is 17.6 Å². The summed E-state index contributed by atoms with van der Waals surface area (Å²) in [7, 11) is 0. The van der Waals surface area contributed by atoms with E-state index in [1.165, 1.54) is 0 Å². The van der Waals surface area contributed by atoms with E-state index in [1.54, 1.807) is 0 Å². The van der Waals surface area contributed by atoms with Gasteiger partial charge in [-0.05, 0) is 0 Å². The molecule has 1 atom stereocenters. The fourth-order valence-electron chi connectivity index (χ4n) is 0.784. The second-order valence-electron chi connectivity index (χ2n) is 3.43. The molecule has 1 unspecified atom stereocenters. The SMILES string of the molecule is CCC(F)(F)C(C)(F)OC(F)(F)C(F)(F)CI. The van der Waals surface area contributed by atoms with Gasteiger partial charge in [0.25, 0.3) is 5.85 Å². The van der Waals surface area contributed by atoms with Crippen molar-refractivity contribution in [1.82, 2.24) is 0 Å². The summed E-state index contributed by atoms with van der Waals surface area (Å²) >= 11 is 0.917. The van der Waals surface area contributed by atoms with Crippen LogP contribution in [0.15, 0.2) is 0 Å². The van der Waals surface area contributed by atoms with Crippen LogP contribution in [0, 0.1) is 0 Å². The molecule has 17 heavy (non-hydrogen) atoms. The van der Waals surface area contributed by atoms with Gasteiger partial charge in [-0.25, -0.2) is 13.2 Å². The Labute approximate surface area is 107 Å². The topological polar surface area (TPSA) is 9.23 Å². The molecule has 0 aliphatic rings. The summed E-state index contributed by atoms with van der Waals surface area (Å²) in [5.74, 6) is -13.2. The molecule has 0 saturated carbocycles. The maximum atomic E-state index is 13.2. The first kappa shape index (κ1) is 17.2. The van der Waals surface area contributed by atoms with E-state index in [0.717, 1.165) is 29.5 Å². The largest absolute Gasteiger partial charge is 0.422 e. The Kier molecular flexibility index (Phi) is 5.12. The zero-order chi connectivity index (χ0) is 14.1. The predicted molar refractivity (Wildman–Crippen MR) is 54.6 cm³/mol. The summed E-state index contributed by atoms with van der Waals surface area (Å²) < 4.78 is 91.6. The molecule has 1 nitrogen and oxygen atoms in total. The van der Waals surface area contributed by atoms with E-state index in [4.69, 9.17) is 0 Å². The quantitative estimate of drug-likeness (QED) is 0.376. The maximum absolute atomic E-state index is 13.2. The Balaban J connectivity index is 5.07. The van der Waals surface area contributed by atoms with Crippen LogP contribution in [0.4, 0.5) is 30.7 Å². The van der Waals surface area contributed by atoms with Crippen LogP contribution in [0.2, 0.25) is 0 Å². The van der Waals surface area contributed by atoms with Gasteiger partial charge < -0.3 is 0 Å². The molecule has 0 aromatic heterocycles. The van der Waals surface area contributed by atoms with E-state index in [-0.39, 0.29) is 6.92 Å². The molecule has 0 fully saturated rings. The van der Waals surface area contributed by atoms with Gasteiger partial charge in [-0.1, -0.05) is 29.5 Å². The van der Waals surface area contributed by atoms with E-state index in [0.29, 0.717) is 0 Å². The highest BCUT2D eigenvalue weighted by molar-refractivity contribution is 14.1. The summed E-state index contributed by atoms with van der Waals surface area (Å²) in [6, 6.07) is 0. The van der Waals surface area contributed by atoms with Gasteiger partial charge in [0.2, 0.25) is 0 Å². The lowest BCUT2D eigenvalue weighted by molar-refractivity contribution is -0.424. The predicted octanol–water partition coefficient (Wildman–Crippen LogP) is 4.40. The highest BCUT2D eigenvalue weighted by Crippen LogP contribution is 2.45. The van der Waals surface area contributed by atoms with Gasteiger partial charge >= 0.3 is 18.0 Å². The number of alkyl halides is 8. The molecule has 0 bridgehead atoms. The Hall–Kier alpha value is 0.200. The molecule has 0 radical (unpaired) electrons. The standard InChI is InChI=1S/C8H10F7IO/c1-3-6(10,11)5(2,9)17-8(14,15)7(12,13)4-16/h3-4H2,1-2H3. The average molecular weight is 382 g/mol. The van der Waals surface area contributed by atoms with Crippen molar-refractivity contribution in [2.75, 3.05) is 4.43 Å². The van der Waals surface area contributed by atoms with Crippen molar-refractivity contribution in [2.45, 2.75) is 44.1 Å². The van der Waals surface area contributed by atoms with Gasteiger partial charge in [0.05, 0.1) is 4.43 Å². The summed E-state index contributed by atoms with van der Waals surface area (Å²) in [5.41, 5.74) is 0. The molecule has 0 spiro atoms. The Morgan fingerprint density at radius 2 is 1.35 bits per heavy atom. The molecule has 0 heterocycles. The van der Waals surface area contributed by atoms with E-state index in [9.17, 15) is 30.7 Å². The second kappa shape index (κ2) is 5.06. The first-order chi connectivity index (χ1) is 7.33. The van der Waals surface area contributed by atoms with E-state index in [2.05, 4.69) is 4.74 Å². The van der Waals surface area contributed by atoms with E-state index >= 15 is 0 Å². The average Bonchev–Trinajstić information content (AvgIpc) is 2.15. The molecule has 0 aliphatic heterocycles. The fourth-order valence-corrected chi connectivity index (χ4v) is 1.23. The lowest BCUT2D eigenvalue weighted by Gasteiger charge is -2.34. The second-order valence-corrected chi connectivity index (χ2v) is 4.19. The van der Waals surface area contributed by atoms with Crippen LogP contribution in [0.25, 0.3) is 0 Å². The first-order valence-corrected chi connectivity index (χ1v) is 5.94. The van der Waals surface area contributed by atoms with Gasteiger partial charge in [-0.15, -0.1) is 0 Å². The summed E-state index contributed by atoms with van der Waals surface area (Å²) in [6.07, 6.45) is -6.47. The zero-order valence-corrected chi connectivity index (χ0v) is 11.0. The summed E-state index contributed by atoms with van der Waals surface area (Å²) in [4.78, 5) is 0. The van der Waals surface area contributed by atoms with Crippen molar-refractivity contribution in [2.24, 2.45) is 0 Å². The van der Waals surface area contributed by atoms with Crippen molar-refractivity contribution in [3.8, 4) is 0 Å². The van der Waals surface area contributed by atoms with Crippen LogP contribution < -0.4 is 0 Å². The minimum Gasteiger partial charge on any atom is -0.272 e. The van der Waals surface area contributed by atoms with Crippen molar-refractivity contribution in [1.29, 1.82) is 0 Å². The third-order valence-corrected chi connectivity index (χ3v) is 2.97. The van der Waals surface area contributed by atoms with Crippen LogP contribution >= 0.6 is 22.6 Å². The highest BCUT2D eigenvalue weighted by atomic mass is 127. The lowest BCUT2D eigenvalue weighted by atomic mass is 10.1. The first-order valence-electron chi connectivity index (χ1n) is 4.41. The normalized spacial score (nSPS) is 18.0. The van der Waals surface area contributed by atoms with Gasteiger partial charge in [-0.3, -0.25) is 4.74 Å². The highest BCUT2D eigenvalue weighted by Gasteiger charge is 2.64. The monoisotopic (exact) mass is 382 g/mol.